The maximum absolute atomic E-state index is 13.3. The van der Waals surface area contributed by atoms with E-state index in [1.807, 2.05) is 18.2 Å². The first-order valence-electron chi connectivity index (χ1n) is 9.52. The van der Waals surface area contributed by atoms with E-state index in [4.69, 9.17) is 9.47 Å². The predicted octanol–water partition coefficient (Wildman–Crippen LogP) is 5.71. The Labute approximate surface area is 177 Å². The fourth-order valence-corrected chi connectivity index (χ4v) is 4.05. The van der Waals surface area contributed by atoms with Crippen LogP contribution in [0.1, 0.15) is 38.9 Å². The third kappa shape index (κ3) is 4.08. The summed E-state index contributed by atoms with van der Waals surface area (Å²) in [5, 5.41) is 0. The van der Waals surface area contributed by atoms with Gasteiger partial charge in [0.05, 0.1) is 20.1 Å². The molecule has 4 nitrogen and oxygen atoms in total. The highest BCUT2D eigenvalue weighted by atomic mass is 19.4. The first-order chi connectivity index (χ1) is 14.8. The summed E-state index contributed by atoms with van der Waals surface area (Å²) in [6.45, 7) is 0. The van der Waals surface area contributed by atoms with E-state index >= 15 is 0 Å². The molecule has 0 saturated heterocycles. The number of halogens is 3. The van der Waals surface area contributed by atoms with E-state index in [0.29, 0.717) is 22.6 Å². The van der Waals surface area contributed by atoms with Gasteiger partial charge < -0.3 is 14.2 Å². The normalized spacial score (nSPS) is 17.9. The van der Waals surface area contributed by atoms with Gasteiger partial charge in [0.1, 0.15) is 17.2 Å². The molecule has 0 saturated carbocycles. The first-order valence-corrected chi connectivity index (χ1v) is 9.52. The number of benzene rings is 3. The molecule has 0 spiro atoms. The highest BCUT2D eigenvalue weighted by molar-refractivity contribution is 6.07. The van der Waals surface area contributed by atoms with Crippen LogP contribution in [0.15, 0.2) is 66.7 Å². The van der Waals surface area contributed by atoms with Crippen molar-refractivity contribution in [3.8, 4) is 17.2 Å². The Morgan fingerprint density at radius 2 is 1.23 bits per heavy atom. The Balaban J connectivity index is 1.79. The smallest absolute Gasteiger partial charge is 0.497 e. The third-order valence-electron chi connectivity index (χ3n) is 5.42. The van der Waals surface area contributed by atoms with Gasteiger partial charge in [-0.1, -0.05) is 24.3 Å². The van der Waals surface area contributed by atoms with Gasteiger partial charge in [0.25, 0.3) is 0 Å². The largest absolute Gasteiger partial charge is 0.573 e. The van der Waals surface area contributed by atoms with Gasteiger partial charge >= 0.3 is 6.36 Å². The van der Waals surface area contributed by atoms with Crippen molar-refractivity contribution in [3.63, 3.8) is 0 Å². The average molecular weight is 428 g/mol. The van der Waals surface area contributed by atoms with Gasteiger partial charge in [0.2, 0.25) is 0 Å². The van der Waals surface area contributed by atoms with Gasteiger partial charge in [-0.3, -0.25) is 4.79 Å². The maximum Gasteiger partial charge on any atom is 0.573 e. The van der Waals surface area contributed by atoms with E-state index in [1.54, 1.807) is 43.5 Å². The fourth-order valence-electron chi connectivity index (χ4n) is 4.05. The summed E-state index contributed by atoms with van der Waals surface area (Å²) in [6, 6.07) is 18.1. The summed E-state index contributed by atoms with van der Waals surface area (Å²) in [7, 11) is 3.10. The average Bonchev–Trinajstić information content (AvgIpc) is 3.05. The van der Waals surface area contributed by atoms with Crippen molar-refractivity contribution in [1.82, 2.24) is 0 Å². The zero-order valence-electron chi connectivity index (χ0n) is 16.8. The van der Waals surface area contributed by atoms with E-state index < -0.39 is 12.3 Å². The van der Waals surface area contributed by atoms with Gasteiger partial charge in [-0.15, -0.1) is 13.2 Å². The molecule has 0 heterocycles. The van der Waals surface area contributed by atoms with Crippen LogP contribution >= 0.6 is 0 Å². The molecule has 31 heavy (non-hydrogen) atoms. The van der Waals surface area contributed by atoms with E-state index in [2.05, 4.69) is 4.74 Å². The monoisotopic (exact) mass is 428 g/mol. The fraction of sp³-hybridized carbons (Fsp3) is 0.208. The Bertz CT molecular complexity index is 1090. The lowest BCUT2D eigenvalue weighted by atomic mass is 9.81. The van der Waals surface area contributed by atoms with Crippen LogP contribution in [0.5, 0.6) is 17.2 Å². The van der Waals surface area contributed by atoms with Gasteiger partial charge in [0.15, 0.2) is 5.78 Å². The molecule has 0 radical (unpaired) electrons. The summed E-state index contributed by atoms with van der Waals surface area (Å²) in [5.41, 5.74) is 2.84. The van der Waals surface area contributed by atoms with Gasteiger partial charge in [-0.05, 0) is 59.2 Å². The van der Waals surface area contributed by atoms with Crippen molar-refractivity contribution in [3.05, 3.63) is 89.0 Å². The molecule has 0 fully saturated rings. The molecule has 0 unspecified atom stereocenters. The number of methoxy groups -OCH3 is 2. The number of rotatable bonds is 5. The lowest BCUT2D eigenvalue weighted by Gasteiger charge is -2.21. The minimum absolute atomic E-state index is 0.0524. The second-order valence-electron chi connectivity index (χ2n) is 7.16. The Morgan fingerprint density at radius 3 is 1.77 bits per heavy atom. The summed E-state index contributed by atoms with van der Waals surface area (Å²) < 4.78 is 52.1. The molecule has 0 N–H and O–H groups in total. The number of ether oxygens (including phenoxy) is 3. The molecular weight excluding hydrogens is 409 g/mol. The number of hydrogen-bond donors (Lipinski definition) is 0. The van der Waals surface area contributed by atoms with Crippen molar-refractivity contribution in [2.45, 2.75) is 18.2 Å². The first kappa shape index (κ1) is 20.8. The molecule has 160 valence electrons. The Kier molecular flexibility index (Phi) is 5.35. The standard InChI is InChI=1S/C24H19F3O4/c1-29-16-7-3-15(4-8-16)22-21(14-5-9-17(10-6-14)31-24(25,26)27)20-13-18(30-2)11-12-19(20)23(22)28/h3-13,21-22H,1-2H3/t21-,22+/m1/s1. The molecule has 1 aliphatic carbocycles. The van der Waals surface area contributed by atoms with E-state index in [1.165, 1.54) is 19.2 Å². The predicted molar refractivity (Wildman–Crippen MR) is 108 cm³/mol. The van der Waals surface area contributed by atoms with Crippen LogP contribution in [0.3, 0.4) is 0 Å². The van der Waals surface area contributed by atoms with Crippen LogP contribution in [0, 0.1) is 0 Å². The van der Waals surface area contributed by atoms with Crippen molar-refractivity contribution in [1.29, 1.82) is 0 Å². The molecule has 0 amide bonds. The number of Topliss-reactive ketones (excluding diaryl/α,β-unsaturated/α-hetero) is 1. The zero-order valence-corrected chi connectivity index (χ0v) is 16.8. The Hall–Kier alpha value is -3.48. The number of carbonyl (C=O) groups excluding carboxylic acids is 1. The summed E-state index contributed by atoms with van der Waals surface area (Å²) in [5.74, 6) is -0.00765. The van der Waals surface area contributed by atoms with Crippen LogP contribution in [-0.4, -0.2) is 26.4 Å². The minimum Gasteiger partial charge on any atom is -0.497 e. The van der Waals surface area contributed by atoms with Crippen molar-refractivity contribution < 1.29 is 32.2 Å². The second-order valence-corrected chi connectivity index (χ2v) is 7.16. The number of alkyl halides is 3. The Morgan fingerprint density at radius 1 is 0.710 bits per heavy atom. The quantitative estimate of drug-likeness (QED) is 0.522. The van der Waals surface area contributed by atoms with Crippen LogP contribution in [0.2, 0.25) is 0 Å². The van der Waals surface area contributed by atoms with Crippen LogP contribution in [-0.2, 0) is 0 Å². The van der Waals surface area contributed by atoms with E-state index in [0.717, 1.165) is 11.1 Å². The molecule has 2 atom stereocenters. The molecule has 0 bridgehead atoms. The third-order valence-corrected chi connectivity index (χ3v) is 5.42. The molecular formula is C24H19F3O4. The number of carbonyl (C=O) groups is 1. The molecule has 3 aromatic carbocycles. The van der Waals surface area contributed by atoms with Crippen molar-refractivity contribution in [2.24, 2.45) is 0 Å². The van der Waals surface area contributed by atoms with Crippen LogP contribution < -0.4 is 14.2 Å². The lowest BCUT2D eigenvalue weighted by molar-refractivity contribution is -0.274. The van der Waals surface area contributed by atoms with Crippen molar-refractivity contribution in [2.75, 3.05) is 14.2 Å². The minimum atomic E-state index is -4.77. The number of ketones is 1. The van der Waals surface area contributed by atoms with Gasteiger partial charge in [-0.25, -0.2) is 0 Å². The molecule has 3 aromatic rings. The summed E-state index contributed by atoms with van der Waals surface area (Å²) >= 11 is 0. The van der Waals surface area contributed by atoms with E-state index in [-0.39, 0.29) is 17.5 Å². The molecule has 4 rings (SSSR count). The highest BCUT2D eigenvalue weighted by Gasteiger charge is 2.42. The molecule has 0 aromatic heterocycles. The molecule has 1 aliphatic rings. The van der Waals surface area contributed by atoms with Gasteiger partial charge in [-0.2, -0.15) is 0 Å². The van der Waals surface area contributed by atoms with Crippen LogP contribution in [0.25, 0.3) is 0 Å². The topological polar surface area (TPSA) is 44.8 Å². The SMILES string of the molecule is COc1ccc([C@@H]2C(=O)c3ccc(OC)cc3[C@H]2c2ccc(OC(F)(F)F)cc2)cc1. The van der Waals surface area contributed by atoms with Crippen LogP contribution in [0.4, 0.5) is 13.2 Å². The maximum atomic E-state index is 13.3. The van der Waals surface area contributed by atoms with Gasteiger partial charge in [0, 0.05) is 11.5 Å². The number of fused-ring (bicyclic) bond motifs is 1. The van der Waals surface area contributed by atoms with Crippen molar-refractivity contribution >= 4 is 5.78 Å². The zero-order chi connectivity index (χ0) is 22.2. The second kappa shape index (κ2) is 7.98. The molecule has 0 aliphatic heterocycles. The number of hydrogen-bond acceptors (Lipinski definition) is 4. The molecule has 7 heteroatoms. The summed E-state index contributed by atoms with van der Waals surface area (Å²) in [6.07, 6.45) is -4.77. The summed E-state index contributed by atoms with van der Waals surface area (Å²) in [4.78, 5) is 13.3. The highest BCUT2D eigenvalue weighted by Crippen LogP contribution is 2.49. The van der Waals surface area contributed by atoms with E-state index in [9.17, 15) is 18.0 Å². The lowest BCUT2D eigenvalue weighted by Crippen LogP contribution is -2.17.